The topological polar surface area (TPSA) is 40.6 Å². The molecule has 0 atom stereocenters. The molecule has 4 nitrogen and oxygen atoms in total. The molecule has 2 rings (SSSR count). The van der Waals surface area contributed by atoms with Crippen LogP contribution in [0.2, 0.25) is 5.02 Å². The normalized spacial score (nSPS) is 11.0. The van der Waals surface area contributed by atoms with E-state index in [1.165, 1.54) is 10.0 Å². The number of hydrogen-bond donors (Lipinski definition) is 0. The van der Waals surface area contributed by atoms with Crippen LogP contribution in [0.5, 0.6) is 0 Å². The Bertz CT molecular complexity index is 739. The lowest BCUT2D eigenvalue weighted by Gasteiger charge is -2.41. The Morgan fingerprint density at radius 1 is 0.875 bits per heavy atom. The summed E-state index contributed by atoms with van der Waals surface area (Å²) in [6.45, 7) is 5.61. The van der Waals surface area contributed by atoms with Crippen LogP contribution < -0.4 is 0 Å². The van der Waals surface area contributed by atoms with Gasteiger partial charge in [0, 0.05) is 12.6 Å². The predicted octanol–water partition coefficient (Wildman–Crippen LogP) is 4.27. The molecule has 2 aromatic carbocycles. The first-order chi connectivity index (χ1) is 11.2. The fourth-order valence-electron chi connectivity index (χ4n) is 2.50. The number of rotatable bonds is 2. The van der Waals surface area contributed by atoms with Crippen LogP contribution in [-0.4, -0.2) is 34.4 Å². The molecule has 0 radical (unpaired) electrons. The maximum Gasteiger partial charge on any atom is 0.274 e. The van der Waals surface area contributed by atoms with Crippen LogP contribution in [0, 0.1) is 0 Å². The first-order valence-electron chi connectivity index (χ1n) is 7.65. The number of hydrogen-bond acceptors (Lipinski definition) is 2. The van der Waals surface area contributed by atoms with Gasteiger partial charge in [-0.3, -0.25) is 9.59 Å². The minimum Gasteiger partial charge on any atom is -0.267 e. The lowest BCUT2D eigenvalue weighted by atomic mass is 10.1. The summed E-state index contributed by atoms with van der Waals surface area (Å²) in [6.07, 6.45) is 0. The molecular weight excluding hydrogens is 324 g/mol. The van der Waals surface area contributed by atoms with Crippen molar-refractivity contribution in [3.63, 3.8) is 0 Å². The van der Waals surface area contributed by atoms with Crippen molar-refractivity contribution < 1.29 is 9.59 Å². The van der Waals surface area contributed by atoms with E-state index < -0.39 is 5.54 Å². The monoisotopic (exact) mass is 344 g/mol. The SMILES string of the molecule is CN(C(=O)c1ccccc1)N(C(=O)c1ccccc1Cl)C(C)(C)C. The third kappa shape index (κ3) is 3.77. The number of benzene rings is 2. The highest BCUT2D eigenvalue weighted by molar-refractivity contribution is 6.33. The quantitative estimate of drug-likeness (QED) is 0.763. The Morgan fingerprint density at radius 2 is 1.42 bits per heavy atom. The molecule has 0 spiro atoms. The number of carbonyl (C=O) groups is 2. The van der Waals surface area contributed by atoms with Crippen LogP contribution in [-0.2, 0) is 0 Å². The zero-order chi connectivity index (χ0) is 17.9. The minimum atomic E-state index is -0.602. The third-order valence-corrected chi connectivity index (χ3v) is 3.88. The van der Waals surface area contributed by atoms with Crippen molar-refractivity contribution in [2.75, 3.05) is 7.05 Å². The second-order valence-electron chi connectivity index (χ2n) is 6.46. The highest BCUT2D eigenvalue weighted by Crippen LogP contribution is 2.24. The van der Waals surface area contributed by atoms with E-state index in [9.17, 15) is 9.59 Å². The van der Waals surface area contributed by atoms with Crippen molar-refractivity contribution >= 4 is 23.4 Å². The van der Waals surface area contributed by atoms with Gasteiger partial charge in [-0.2, -0.15) is 0 Å². The van der Waals surface area contributed by atoms with Gasteiger partial charge in [0.1, 0.15) is 0 Å². The highest BCUT2D eigenvalue weighted by atomic mass is 35.5. The van der Waals surface area contributed by atoms with Gasteiger partial charge in [0.05, 0.1) is 16.1 Å². The molecule has 126 valence electrons. The van der Waals surface area contributed by atoms with Crippen molar-refractivity contribution in [3.05, 3.63) is 70.7 Å². The second kappa shape index (κ2) is 7.05. The summed E-state index contributed by atoms with van der Waals surface area (Å²) in [5.74, 6) is -0.578. The van der Waals surface area contributed by atoms with Crippen molar-refractivity contribution in [3.8, 4) is 0 Å². The van der Waals surface area contributed by atoms with Gasteiger partial charge in [-0.15, -0.1) is 0 Å². The van der Waals surface area contributed by atoms with E-state index in [0.717, 1.165) is 0 Å². The molecule has 0 fully saturated rings. The lowest BCUT2D eigenvalue weighted by molar-refractivity contribution is -0.0307. The standard InChI is InChI=1S/C19H21ClN2O2/c1-19(2,3)22(18(24)15-12-8-9-13-16(15)20)21(4)17(23)14-10-6-5-7-11-14/h5-13H,1-4H3. The molecule has 5 heteroatoms. The minimum absolute atomic E-state index is 0.258. The molecule has 0 aliphatic carbocycles. The van der Waals surface area contributed by atoms with Gasteiger partial charge in [0.2, 0.25) is 0 Å². The number of nitrogens with zero attached hydrogens (tertiary/aromatic N) is 2. The second-order valence-corrected chi connectivity index (χ2v) is 6.87. The Kier molecular flexibility index (Phi) is 5.30. The zero-order valence-electron chi connectivity index (χ0n) is 14.3. The van der Waals surface area contributed by atoms with E-state index in [4.69, 9.17) is 11.6 Å². The number of hydrazine groups is 1. The molecule has 24 heavy (non-hydrogen) atoms. The largest absolute Gasteiger partial charge is 0.274 e. The average molecular weight is 345 g/mol. The zero-order valence-corrected chi connectivity index (χ0v) is 15.0. The lowest BCUT2D eigenvalue weighted by Crippen LogP contribution is -2.56. The molecule has 0 N–H and O–H groups in total. The van der Waals surface area contributed by atoms with E-state index in [1.807, 2.05) is 26.8 Å². The molecule has 0 aliphatic heterocycles. The average Bonchev–Trinajstić information content (AvgIpc) is 2.54. The molecule has 0 unspecified atom stereocenters. The molecule has 0 aliphatic rings. The Labute approximate surface area is 147 Å². The summed E-state index contributed by atoms with van der Waals surface area (Å²) in [6, 6.07) is 15.7. The predicted molar refractivity (Wildman–Crippen MR) is 95.9 cm³/mol. The van der Waals surface area contributed by atoms with Crippen LogP contribution in [0.25, 0.3) is 0 Å². The third-order valence-electron chi connectivity index (χ3n) is 3.55. The van der Waals surface area contributed by atoms with E-state index in [-0.39, 0.29) is 11.8 Å². The van der Waals surface area contributed by atoms with E-state index >= 15 is 0 Å². The van der Waals surface area contributed by atoms with Crippen LogP contribution in [0.4, 0.5) is 0 Å². The van der Waals surface area contributed by atoms with Crippen molar-refractivity contribution in [1.29, 1.82) is 0 Å². The molecule has 0 bridgehead atoms. The van der Waals surface area contributed by atoms with Crippen molar-refractivity contribution in [2.24, 2.45) is 0 Å². The van der Waals surface area contributed by atoms with Gasteiger partial charge in [-0.05, 0) is 45.0 Å². The fourth-order valence-corrected chi connectivity index (χ4v) is 2.71. The van der Waals surface area contributed by atoms with Crippen molar-refractivity contribution in [2.45, 2.75) is 26.3 Å². The summed E-state index contributed by atoms with van der Waals surface area (Å²) < 4.78 is 0. The Hall–Kier alpha value is -2.33. The van der Waals surface area contributed by atoms with E-state index in [2.05, 4.69) is 0 Å². The smallest absolute Gasteiger partial charge is 0.267 e. The number of amides is 2. The maximum absolute atomic E-state index is 13.0. The van der Waals surface area contributed by atoms with Gasteiger partial charge in [0.15, 0.2) is 0 Å². The molecule has 0 saturated heterocycles. The molecule has 0 saturated carbocycles. The summed E-state index contributed by atoms with van der Waals surface area (Å²) in [5, 5.41) is 3.14. The van der Waals surface area contributed by atoms with Gasteiger partial charge < -0.3 is 0 Å². The molecule has 2 aromatic rings. The molecule has 0 aromatic heterocycles. The van der Waals surface area contributed by atoms with Gasteiger partial charge in [-0.1, -0.05) is 41.9 Å². The van der Waals surface area contributed by atoms with Crippen LogP contribution in [0.3, 0.4) is 0 Å². The fraction of sp³-hybridized carbons (Fsp3) is 0.263. The van der Waals surface area contributed by atoms with Crippen molar-refractivity contribution in [1.82, 2.24) is 10.0 Å². The first-order valence-corrected chi connectivity index (χ1v) is 8.03. The maximum atomic E-state index is 13.0. The first kappa shape index (κ1) is 18.0. The molecule has 2 amide bonds. The summed E-state index contributed by atoms with van der Waals surface area (Å²) >= 11 is 6.16. The van der Waals surface area contributed by atoms with Crippen LogP contribution in [0.1, 0.15) is 41.5 Å². The Balaban J connectivity index is 2.41. The van der Waals surface area contributed by atoms with Gasteiger partial charge >= 0.3 is 0 Å². The van der Waals surface area contributed by atoms with E-state index in [0.29, 0.717) is 16.1 Å². The molecular formula is C19H21ClN2O2. The Morgan fingerprint density at radius 3 is 1.96 bits per heavy atom. The molecule has 0 heterocycles. The number of carbonyl (C=O) groups excluding carboxylic acids is 2. The summed E-state index contributed by atoms with van der Waals surface area (Å²) in [4.78, 5) is 25.8. The highest BCUT2D eigenvalue weighted by Gasteiger charge is 2.34. The van der Waals surface area contributed by atoms with E-state index in [1.54, 1.807) is 55.6 Å². The van der Waals surface area contributed by atoms with Gasteiger partial charge in [-0.25, -0.2) is 10.0 Å². The van der Waals surface area contributed by atoms with Crippen LogP contribution >= 0.6 is 11.6 Å². The summed E-state index contributed by atoms with van der Waals surface area (Å²) in [5.41, 5.74) is 0.276. The number of halogens is 1. The van der Waals surface area contributed by atoms with Gasteiger partial charge in [0.25, 0.3) is 11.8 Å². The summed E-state index contributed by atoms with van der Waals surface area (Å²) in [7, 11) is 1.59. The van der Waals surface area contributed by atoms with Crippen LogP contribution in [0.15, 0.2) is 54.6 Å².